The Kier molecular flexibility index (Phi) is 7.91. The fraction of sp³-hybridized carbons (Fsp3) is 0.429. The molecule has 2 aliphatic rings. The maximum Gasteiger partial charge on any atom is 0.673 e. The molecule has 0 spiro atoms. The summed E-state index contributed by atoms with van der Waals surface area (Å²) in [6, 6.07) is 16.1. The van der Waals surface area contributed by atoms with Crippen LogP contribution < -0.4 is 4.31 Å². The molecule has 0 N–H and O–H groups in total. The number of morpholine rings is 1. The fourth-order valence-electron chi connectivity index (χ4n) is 3.63. The molecule has 0 radical (unpaired) electrons. The van der Waals surface area contributed by atoms with Gasteiger partial charge in [0.15, 0.2) is 5.25 Å². The Hall–Kier alpha value is -1.62. The molecule has 0 bridgehead atoms. The zero-order chi connectivity index (χ0) is 23.5. The van der Waals surface area contributed by atoms with Crippen molar-refractivity contribution in [2.75, 3.05) is 31.0 Å². The van der Waals surface area contributed by atoms with Crippen LogP contribution in [0.25, 0.3) is 0 Å². The van der Waals surface area contributed by atoms with Crippen molar-refractivity contribution in [2.45, 2.75) is 31.1 Å². The number of rotatable bonds is 5. The van der Waals surface area contributed by atoms with Crippen LogP contribution >= 0.6 is 11.6 Å². The van der Waals surface area contributed by atoms with Gasteiger partial charge in [-0.3, -0.25) is 0 Å². The van der Waals surface area contributed by atoms with E-state index in [-0.39, 0.29) is 11.4 Å². The van der Waals surface area contributed by atoms with E-state index in [9.17, 15) is 21.5 Å². The Morgan fingerprint density at radius 2 is 1.62 bits per heavy atom. The van der Waals surface area contributed by atoms with Crippen molar-refractivity contribution in [3.05, 3.63) is 64.7 Å². The molecule has 0 aromatic heterocycles. The van der Waals surface area contributed by atoms with Gasteiger partial charge in [-0.15, -0.1) is 0 Å². The molecule has 1 saturated carbocycles. The van der Waals surface area contributed by atoms with Gasteiger partial charge in [0, 0.05) is 17.9 Å². The Labute approximate surface area is 192 Å². The largest absolute Gasteiger partial charge is 0.673 e. The summed E-state index contributed by atoms with van der Waals surface area (Å²) in [5.41, 5.74) is 3.30. The Morgan fingerprint density at radius 1 is 1.06 bits per heavy atom. The van der Waals surface area contributed by atoms with Gasteiger partial charge in [-0.2, -0.15) is 4.31 Å². The third-order valence-electron chi connectivity index (χ3n) is 5.39. The zero-order valence-electron chi connectivity index (χ0n) is 17.9. The van der Waals surface area contributed by atoms with Gasteiger partial charge < -0.3 is 22.0 Å². The first-order chi connectivity index (χ1) is 15.0. The van der Waals surface area contributed by atoms with Crippen molar-refractivity contribution in [2.24, 2.45) is 0 Å². The van der Waals surface area contributed by atoms with E-state index in [4.69, 9.17) is 16.3 Å². The average Bonchev–Trinajstić information content (AvgIpc) is 3.58. The first-order valence-corrected chi connectivity index (χ1v) is 12.2. The molecule has 1 aliphatic carbocycles. The van der Waals surface area contributed by atoms with E-state index >= 15 is 0 Å². The first-order valence-electron chi connectivity index (χ1n) is 10.3. The Morgan fingerprint density at radius 3 is 2.16 bits per heavy atom. The standard InChI is InChI=1S/C21H26ClN2O2S.BF4/c1-16-3-9-19(10-4-16)23(2)27(25,20-11-12-20)24-13-14-26-21(15-24)17-5-7-18(22)8-6-17;2-1(3,4)5/h3-10,20-21H,11-15H2,1-2H3;/q+1;-1. The van der Waals surface area contributed by atoms with Crippen LogP contribution in [0, 0.1) is 6.92 Å². The minimum Gasteiger partial charge on any atom is -0.418 e. The van der Waals surface area contributed by atoms with Crippen LogP contribution in [-0.2, 0) is 19.3 Å². The zero-order valence-corrected chi connectivity index (χ0v) is 19.5. The summed E-state index contributed by atoms with van der Waals surface area (Å²) in [7, 11) is -6.36. The molecule has 2 fully saturated rings. The van der Waals surface area contributed by atoms with E-state index in [0.29, 0.717) is 24.7 Å². The summed E-state index contributed by atoms with van der Waals surface area (Å²) in [5, 5.41) is 0.945. The minimum atomic E-state index is -6.00. The van der Waals surface area contributed by atoms with Gasteiger partial charge in [-0.1, -0.05) is 49.9 Å². The van der Waals surface area contributed by atoms with E-state index in [1.807, 2.05) is 35.6 Å². The summed E-state index contributed by atoms with van der Waals surface area (Å²) in [4.78, 5) is 0. The van der Waals surface area contributed by atoms with Gasteiger partial charge in [-0.25, -0.2) is 0 Å². The van der Waals surface area contributed by atoms with Gasteiger partial charge in [0.1, 0.15) is 0 Å². The van der Waals surface area contributed by atoms with Gasteiger partial charge in [0.25, 0.3) is 10.3 Å². The lowest BCUT2D eigenvalue weighted by Crippen LogP contribution is -2.54. The SMILES string of the molecule is Cc1ccc(N(C)[S+](=O)(C2CC2)N2CCOC(c3ccc(Cl)cc3)C2)cc1.F[B-](F)(F)F. The van der Waals surface area contributed by atoms with Crippen molar-refractivity contribution >= 4 is 34.8 Å². The van der Waals surface area contributed by atoms with E-state index in [1.165, 1.54) is 5.56 Å². The van der Waals surface area contributed by atoms with E-state index in [1.54, 1.807) is 0 Å². The smallest absolute Gasteiger partial charge is 0.418 e. The molecule has 4 rings (SSSR count). The van der Waals surface area contributed by atoms with Crippen LogP contribution in [0.4, 0.5) is 23.0 Å². The summed E-state index contributed by atoms with van der Waals surface area (Å²) in [5.74, 6) is 0. The number of ether oxygens (including phenoxy) is 1. The Balaban J connectivity index is 0.000000523. The second-order valence-electron chi connectivity index (χ2n) is 7.86. The molecule has 2 aromatic rings. The van der Waals surface area contributed by atoms with Crippen molar-refractivity contribution in [3.63, 3.8) is 0 Å². The minimum absolute atomic E-state index is 0.0815. The second kappa shape index (κ2) is 10.1. The highest BCUT2D eigenvalue weighted by atomic mass is 35.5. The van der Waals surface area contributed by atoms with E-state index in [2.05, 4.69) is 35.5 Å². The molecule has 1 aliphatic heterocycles. The highest BCUT2D eigenvalue weighted by Gasteiger charge is 2.57. The number of hydrogen-bond donors (Lipinski definition) is 0. The maximum atomic E-state index is 14.3. The summed E-state index contributed by atoms with van der Waals surface area (Å²) in [6.07, 6.45) is 1.97. The third-order valence-corrected chi connectivity index (χ3v) is 9.05. The van der Waals surface area contributed by atoms with Crippen LogP contribution in [0.15, 0.2) is 48.5 Å². The maximum absolute atomic E-state index is 14.3. The topological polar surface area (TPSA) is 32.8 Å². The number of halogens is 5. The lowest BCUT2D eigenvalue weighted by Gasteiger charge is -2.36. The molecular weight excluding hydrogens is 467 g/mol. The van der Waals surface area contributed by atoms with Crippen molar-refractivity contribution in [1.29, 1.82) is 0 Å². The monoisotopic (exact) mass is 492 g/mol. The first kappa shape index (κ1) is 25.0. The summed E-state index contributed by atoms with van der Waals surface area (Å²) in [6.45, 7) is 3.97. The molecule has 32 heavy (non-hydrogen) atoms. The molecule has 2 aromatic carbocycles. The molecular formula is C21H26BClF4N2O2S. The molecule has 1 heterocycles. The molecule has 176 valence electrons. The van der Waals surface area contributed by atoms with E-state index < -0.39 is 17.6 Å². The van der Waals surface area contributed by atoms with Crippen LogP contribution in [0.2, 0.25) is 5.02 Å². The Bertz CT molecular complexity index is 936. The number of anilines is 1. The molecule has 2 unspecified atom stereocenters. The van der Waals surface area contributed by atoms with Gasteiger partial charge in [-0.05, 0) is 36.8 Å². The van der Waals surface area contributed by atoms with Crippen LogP contribution in [0.3, 0.4) is 0 Å². The molecule has 4 nitrogen and oxygen atoms in total. The predicted octanol–water partition coefficient (Wildman–Crippen LogP) is 5.95. The van der Waals surface area contributed by atoms with Crippen LogP contribution in [0.1, 0.15) is 30.1 Å². The van der Waals surface area contributed by atoms with E-state index in [0.717, 1.165) is 24.1 Å². The van der Waals surface area contributed by atoms with Crippen LogP contribution in [-0.4, -0.2) is 43.6 Å². The predicted molar refractivity (Wildman–Crippen MR) is 123 cm³/mol. The number of hydrogen-bond acceptors (Lipinski definition) is 2. The van der Waals surface area contributed by atoms with Gasteiger partial charge in [0.2, 0.25) is 0 Å². The molecule has 2 atom stereocenters. The van der Waals surface area contributed by atoms with Crippen LogP contribution in [0.5, 0.6) is 0 Å². The highest BCUT2D eigenvalue weighted by Crippen LogP contribution is 2.42. The molecule has 0 amide bonds. The summed E-state index contributed by atoms with van der Waals surface area (Å²) < 4.78 is 63.5. The van der Waals surface area contributed by atoms with Gasteiger partial charge in [0.05, 0.1) is 38.5 Å². The molecule has 1 saturated heterocycles. The third kappa shape index (κ3) is 6.46. The van der Waals surface area contributed by atoms with Crippen molar-refractivity contribution < 1.29 is 26.2 Å². The number of aryl methyl sites for hydroxylation is 1. The average molecular weight is 493 g/mol. The number of nitrogens with zero attached hydrogens (tertiary/aromatic N) is 2. The lowest BCUT2D eigenvalue weighted by atomic mass is 10.1. The quantitative estimate of drug-likeness (QED) is 0.293. The fourth-order valence-corrected chi connectivity index (χ4v) is 6.83. The van der Waals surface area contributed by atoms with Crippen molar-refractivity contribution in [1.82, 2.24) is 4.31 Å². The second-order valence-corrected chi connectivity index (χ2v) is 11.1. The van der Waals surface area contributed by atoms with Gasteiger partial charge >= 0.3 is 7.25 Å². The number of benzene rings is 2. The summed E-state index contributed by atoms with van der Waals surface area (Å²) >= 11 is 6.02. The molecule has 11 heteroatoms. The lowest BCUT2D eigenvalue weighted by molar-refractivity contribution is -0.00233. The van der Waals surface area contributed by atoms with Crippen molar-refractivity contribution in [3.8, 4) is 0 Å². The highest BCUT2D eigenvalue weighted by molar-refractivity contribution is 8.02. The normalized spacial score (nSPS) is 21.3.